The minimum atomic E-state index is -0.592. The molecule has 9 nitrogen and oxygen atoms in total. The lowest BCUT2D eigenvalue weighted by molar-refractivity contribution is -0.119. The fourth-order valence-corrected chi connectivity index (χ4v) is 6.25. The zero-order valence-electron chi connectivity index (χ0n) is 22.2. The molecule has 10 heteroatoms. The van der Waals surface area contributed by atoms with Crippen LogP contribution in [0.5, 0.6) is 5.75 Å². The van der Waals surface area contributed by atoms with Crippen LogP contribution in [0.2, 0.25) is 0 Å². The molecule has 40 heavy (non-hydrogen) atoms. The van der Waals surface area contributed by atoms with E-state index in [0.717, 1.165) is 31.4 Å². The van der Waals surface area contributed by atoms with Crippen LogP contribution in [0, 0.1) is 5.82 Å². The van der Waals surface area contributed by atoms with Crippen molar-refractivity contribution in [1.82, 2.24) is 9.78 Å². The van der Waals surface area contributed by atoms with E-state index in [9.17, 15) is 18.8 Å². The Hall–Kier alpha value is -4.21. The van der Waals surface area contributed by atoms with Crippen LogP contribution in [-0.2, 0) is 21.4 Å². The number of halogens is 1. The molecular formula is C30H29FN4O5. The first-order valence-electron chi connectivity index (χ1n) is 13.9. The topological polar surface area (TPSA) is 94.0 Å². The number of ether oxygens (including phenoxy) is 2. The number of esters is 1. The van der Waals surface area contributed by atoms with E-state index in [0.29, 0.717) is 55.0 Å². The monoisotopic (exact) mass is 544 g/mol. The van der Waals surface area contributed by atoms with Crippen LogP contribution < -0.4 is 14.5 Å². The molecule has 3 aliphatic heterocycles. The van der Waals surface area contributed by atoms with Crippen molar-refractivity contribution in [2.24, 2.45) is 0 Å². The molecule has 0 N–H and O–H groups in total. The van der Waals surface area contributed by atoms with Crippen molar-refractivity contribution in [3.8, 4) is 11.4 Å². The molecule has 0 radical (unpaired) electrons. The Morgan fingerprint density at radius 3 is 2.50 bits per heavy atom. The average molecular weight is 545 g/mol. The summed E-state index contributed by atoms with van der Waals surface area (Å²) in [6.45, 7) is 3.36. The number of hydrogen-bond acceptors (Lipinski definition) is 6. The van der Waals surface area contributed by atoms with Crippen LogP contribution in [-0.4, -0.2) is 53.9 Å². The first-order chi connectivity index (χ1) is 19.4. The number of hydrogen-bond donors (Lipinski definition) is 0. The van der Waals surface area contributed by atoms with E-state index in [4.69, 9.17) is 9.47 Å². The lowest BCUT2D eigenvalue weighted by Gasteiger charge is -2.34. The van der Waals surface area contributed by atoms with E-state index in [-0.39, 0.29) is 35.6 Å². The van der Waals surface area contributed by atoms with E-state index in [2.05, 4.69) is 5.10 Å². The number of nitrogens with zero attached hydrogens (tertiary/aromatic N) is 4. The molecule has 1 saturated carbocycles. The summed E-state index contributed by atoms with van der Waals surface area (Å²) in [7, 11) is 0. The molecule has 206 valence electrons. The predicted octanol–water partition coefficient (Wildman–Crippen LogP) is 4.33. The molecule has 0 bridgehead atoms. The van der Waals surface area contributed by atoms with Gasteiger partial charge in [-0.2, -0.15) is 5.10 Å². The molecule has 1 saturated heterocycles. The molecule has 1 aliphatic carbocycles. The zero-order chi connectivity index (χ0) is 27.6. The Balaban J connectivity index is 1.33. The largest absolute Gasteiger partial charge is 0.490 e. The first-order valence-corrected chi connectivity index (χ1v) is 13.9. The maximum atomic E-state index is 15.0. The Morgan fingerprint density at radius 2 is 1.80 bits per heavy atom. The van der Waals surface area contributed by atoms with Gasteiger partial charge >= 0.3 is 5.97 Å². The van der Waals surface area contributed by atoms with E-state index >= 15 is 0 Å². The number of rotatable bonds is 5. The number of carbonyl (C=O) groups is 3. The van der Waals surface area contributed by atoms with E-state index in [1.54, 1.807) is 22.8 Å². The van der Waals surface area contributed by atoms with Gasteiger partial charge in [-0.3, -0.25) is 9.59 Å². The molecule has 2 aromatic carbocycles. The molecule has 4 aliphatic rings. The molecule has 3 aromatic rings. The molecule has 0 unspecified atom stereocenters. The highest BCUT2D eigenvalue weighted by Gasteiger charge is 2.56. The highest BCUT2D eigenvalue weighted by atomic mass is 19.1. The number of amides is 2. The molecule has 2 fully saturated rings. The van der Waals surface area contributed by atoms with Gasteiger partial charge < -0.3 is 19.3 Å². The second-order valence-corrected chi connectivity index (χ2v) is 10.9. The van der Waals surface area contributed by atoms with Gasteiger partial charge in [0, 0.05) is 59.9 Å². The second-order valence-electron chi connectivity index (χ2n) is 10.9. The number of aromatic nitrogens is 2. The lowest BCUT2D eigenvalue weighted by Crippen LogP contribution is -2.44. The Kier molecular flexibility index (Phi) is 5.69. The maximum absolute atomic E-state index is 15.0. The Labute approximate surface area is 230 Å². The van der Waals surface area contributed by atoms with E-state index in [1.807, 2.05) is 24.3 Å². The standard InChI is InChI=1S/C30H29FN4O5/c1-2-39-29(38)25-24-26(35(32-25)21-15-18-10-14-40-27(18)22(31)16-21)28(37)34(17-30(24)11-12-30)20-8-6-19(7-9-20)33-13-4-3-5-23(33)36/h6-9,15-16H,2-5,10-14,17H2,1H3. The molecule has 7 rings (SSSR count). The fourth-order valence-electron chi connectivity index (χ4n) is 6.25. The molecule has 1 aromatic heterocycles. The van der Waals surface area contributed by atoms with Crippen molar-refractivity contribution in [3.05, 3.63) is 64.7 Å². The molecular weight excluding hydrogens is 515 g/mol. The van der Waals surface area contributed by atoms with Crippen LogP contribution >= 0.6 is 0 Å². The fraction of sp³-hybridized carbons (Fsp3) is 0.400. The molecule has 4 heterocycles. The normalized spacial score (nSPS) is 18.9. The molecule has 0 atom stereocenters. The lowest BCUT2D eigenvalue weighted by atomic mass is 9.88. The summed E-state index contributed by atoms with van der Waals surface area (Å²) in [5, 5.41) is 4.59. The van der Waals surface area contributed by atoms with Gasteiger partial charge in [0.05, 0.1) is 18.9 Å². The third-order valence-electron chi connectivity index (χ3n) is 8.41. The Bertz CT molecular complexity index is 1560. The van der Waals surface area contributed by atoms with Gasteiger partial charge in [-0.1, -0.05) is 0 Å². The summed E-state index contributed by atoms with van der Waals surface area (Å²) in [4.78, 5) is 43.2. The second kappa shape index (κ2) is 9.18. The van der Waals surface area contributed by atoms with Crippen molar-refractivity contribution in [3.63, 3.8) is 0 Å². The number of anilines is 2. The average Bonchev–Trinajstić information content (AvgIpc) is 3.35. The summed E-state index contributed by atoms with van der Waals surface area (Å²) < 4.78 is 27.1. The van der Waals surface area contributed by atoms with Gasteiger partial charge in [-0.05, 0) is 62.9 Å². The van der Waals surface area contributed by atoms with E-state index in [1.165, 1.54) is 10.7 Å². The Morgan fingerprint density at radius 1 is 1.05 bits per heavy atom. The summed E-state index contributed by atoms with van der Waals surface area (Å²) in [5.74, 6) is -1.12. The van der Waals surface area contributed by atoms with Gasteiger partial charge in [0.15, 0.2) is 17.3 Å². The van der Waals surface area contributed by atoms with Gasteiger partial charge in [-0.15, -0.1) is 0 Å². The van der Waals surface area contributed by atoms with Crippen molar-refractivity contribution < 1.29 is 28.2 Å². The number of fused-ring (bicyclic) bond motifs is 3. The van der Waals surface area contributed by atoms with Crippen molar-refractivity contribution >= 4 is 29.2 Å². The highest BCUT2D eigenvalue weighted by molar-refractivity contribution is 6.10. The van der Waals surface area contributed by atoms with Crippen molar-refractivity contribution in [1.29, 1.82) is 0 Å². The van der Waals surface area contributed by atoms with Crippen LogP contribution in [0.4, 0.5) is 15.8 Å². The van der Waals surface area contributed by atoms with Gasteiger partial charge in [-0.25, -0.2) is 13.9 Å². The van der Waals surface area contributed by atoms with Crippen LogP contribution in [0.3, 0.4) is 0 Å². The third-order valence-corrected chi connectivity index (χ3v) is 8.41. The zero-order valence-corrected chi connectivity index (χ0v) is 22.2. The van der Waals surface area contributed by atoms with Crippen LogP contribution in [0.1, 0.15) is 71.1 Å². The smallest absolute Gasteiger partial charge is 0.359 e. The highest BCUT2D eigenvalue weighted by Crippen LogP contribution is 2.54. The summed E-state index contributed by atoms with van der Waals surface area (Å²) in [5.41, 5.74) is 3.06. The molecule has 1 spiro atoms. The minimum Gasteiger partial charge on any atom is -0.490 e. The van der Waals surface area contributed by atoms with Gasteiger partial charge in [0.1, 0.15) is 5.69 Å². The quantitative estimate of drug-likeness (QED) is 0.444. The third kappa shape index (κ3) is 3.80. The summed E-state index contributed by atoms with van der Waals surface area (Å²) >= 11 is 0. The maximum Gasteiger partial charge on any atom is 0.359 e. The van der Waals surface area contributed by atoms with Crippen LogP contribution in [0.15, 0.2) is 36.4 Å². The van der Waals surface area contributed by atoms with Crippen molar-refractivity contribution in [2.75, 3.05) is 36.1 Å². The van der Waals surface area contributed by atoms with Gasteiger partial charge in [0.2, 0.25) is 5.91 Å². The number of piperidine rings is 1. The SMILES string of the molecule is CCOC(=O)c1nn(-c2cc(F)c3c(c2)CCO3)c2c1C1(CC1)CN(c1ccc(N3CCCCC3=O)cc1)C2=O. The summed E-state index contributed by atoms with van der Waals surface area (Å²) in [6.07, 6.45) is 4.53. The van der Waals surface area contributed by atoms with E-state index < -0.39 is 17.2 Å². The summed E-state index contributed by atoms with van der Waals surface area (Å²) in [6, 6.07) is 10.5. The number of benzene rings is 2. The number of carbonyl (C=O) groups excluding carboxylic acids is 3. The first kappa shape index (κ1) is 24.8. The van der Waals surface area contributed by atoms with Gasteiger partial charge in [0.25, 0.3) is 5.91 Å². The van der Waals surface area contributed by atoms with Crippen molar-refractivity contribution in [2.45, 2.75) is 50.9 Å². The predicted molar refractivity (Wildman–Crippen MR) is 144 cm³/mol. The minimum absolute atomic E-state index is 0.108. The van der Waals surface area contributed by atoms with Crippen LogP contribution in [0.25, 0.3) is 5.69 Å². The molecule has 2 amide bonds.